The first-order valence-corrected chi connectivity index (χ1v) is 9.44. The molecular formula is C21H36O2. The van der Waals surface area contributed by atoms with Crippen LogP contribution in [0.25, 0.3) is 0 Å². The summed E-state index contributed by atoms with van der Waals surface area (Å²) >= 11 is 0. The molecule has 2 aliphatic carbocycles. The van der Waals surface area contributed by atoms with Gasteiger partial charge in [-0.2, -0.15) is 0 Å². The van der Waals surface area contributed by atoms with Crippen molar-refractivity contribution in [3.63, 3.8) is 0 Å². The van der Waals surface area contributed by atoms with Crippen molar-refractivity contribution in [3.05, 3.63) is 12.2 Å². The predicted molar refractivity (Wildman–Crippen MR) is 96.4 cm³/mol. The van der Waals surface area contributed by atoms with Gasteiger partial charge in [0.2, 0.25) is 0 Å². The summed E-state index contributed by atoms with van der Waals surface area (Å²) in [6, 6.07) is 0. The molecule has 2 aliphatic rings. The van der Waals surface area contributed by atoms with Crippen molar-refractivity contribution in [2.75, 3.05) is 6.61 Å². The van der Waals surface area contributed by atoms with Gasteiger partial charge in [0.1, 0.15) is 5.78 Å². The van der Waals surface area contributed by atoms with E-state index < -0.39 is 0 Å². The number of carbonyl (C=O) groups is 1. The normalized spacial score (nSPS) is 33.6. The lowest BCUT2D eigenvalue weighted by molar-refractivity contribution is -0.124. The number of carbonyl (C=O) groups excluding carboxylic acids is 1. The third-order valence-corrected chi connectivity index (χ3v) is 6.10. The second-order valence-corrected chi connectivity index (χ2v) is 9.35. The van der Waals surface area contributed by atoms with Crippen LogP contribution in [-0.2, 0) is 9.53 Å². The first-order valence-electron chi connectivity index (χ1n) is 9.44. The van der Waals surface area contributed by atoms with Gasteiger partial charge in [0.05, 0.1) is 12.2 Å². The zero-order valence-electron chi connectivity index (χ0n) is 16.0. The Labute approximate surface area is 143 Å². The molecule has 2 fully saturated rings. The number of Topliss-reactive ketones (excluding diaryl/α,β-unsaturated/α-hetero) is 1. The number of fused-ring (bicyclic) bond motifs is 1. The molecule has 4 atom stereocenters. The zero-order valence-corrected chi connectivity index (χ0v) is 16.0. The Hall–Kier alpha value is -0.630. The number of unbranched alkanes of at least 4 members (excludes halogenated alkanes) is 1. The molecule has 0 saturated heterocycles. The highest BCUT2D eigenvalue weighted by molar-refractivity contribution is 5.82. The van der Waals surface area contributed by atoms with E-state index in [1.807, 2.05) is 0 Å². The molecule has 0 N–H and O–H groups in total. The predicted octanol–water partition coefficient (Wildman–Crippen LogP) is 5.42. The largest absolute Gasteiger partial charge is 0.372 e. The van der Waals surface area contributed by atoms with Crippen LogP contribution in [0.15, 0.2) is 12.2 Å². The molecule has 0 bridgehead atoms. The number of ketones is 1. The summed E-state index contributed by atoms with van der Waals surface area (Å²) < 4.78 is 5.67. The Morgan fingerprint density at radius 1 is 1.22 bits per heavy atom. The van der Waals surface area contributed by atoms with E-state index in [2.05, 4.69) is 53.7 Å². The summed E-state index contributed by atoms with van der Waals surface area (Å²) in [7, 11) is 0. The van der Waals surface area contributed by atoms with Gasteiger partial charge in [-0.05, 0) is 69.6 Å². The fraction of sp³-hybridized carbons (Fsp3) is 0.857. The van der Waals surface area contributed by atoms with Crippen LogP contribution in [0.4, 0.5) is 0 Å². The van der Waals surface area contributed by atoms with Crippen LogP contribution in [0.2, 0.25) is 0 Å². The summed E-state index contributed by atoms with van der Waals surface area (Å²) in [5, 5.41) is 0. The van der Waals surface area contributed by atoms with Gasteiger partial charge in [0, 0.05) is 12.3 Å². The lowest BCUT2D eigenvalue weighted by atomic mass is 9.81. The molecule has 0 amide bonds. The van der Waals surface area contributed by atoms with Crippen molar-refractivity contribution in [3.8, 4) is 0 Å². The highest BCUT2D eigenvalue weighted by atomic mass is 16.5. The number of ether oxygens (including phenoxy) is 1. The standard InChI is InChI=1S/C21H36O2/c1-15-13-17-18(21(17,5)6)14-19(22)16(15)11-9-7-8-10-12-23-20(2,3)4/h8,10,15-18H,7,9,11-14H2,1-6H3/b10-8+/t15-,16?,17-,18+/m1/s1. The molecular weight excluding hydrogens is 284 g/mol. The lowest BCUT2D eigenvalue weighted by Gasteiger charge is -2.22. The van der Waals surface area contributed by atoms with Crippen molar-refractivity contribution in [1.29, 1.82) is 0 Å². The molecule has 0 radical (unpaired) electrons. The van der Waals surface area contributed by atoms with Crippen LogP contribution in [0.1, 0.15) is 73.6 Å². The van der Waals surface area contributed by atoms with E-state index in [9.17, 15) is 4.79 Å². The van der Waals surface area contributed by atoms with E-state index in [0.717, 1.165) is 31.6 Å². The second-order valence-electron chi connectivity index (χ2n) is 9.35. The molecule has 2 heteroatoms. The van der Waals surface area contributed by atoms with E-state index in [4.69, 9.17) is 4.74 Å². The average Bonchev–Trinajstić information content (AvgIpc) is 2.95. The molecule has 2 rings (SSSR count). The summed E-state index contributed by atoms with van der Waals surface area (Å²) in [6.07, 6.45) is 9.64. The van der Waals surface area contributed by atoms with E-state index in [0.29, 0.717) is 35.6 Å². The first kappa shape index (κ1) is 18.7. The minimum Gasteiger partial charge on any atom is -0.372 e. The van der Waals surface area contributed by atoms with Gasteiger partial charge in [0.15, 0.2) is 0 Å². The summed E-state index contributed by atoms with van der Waals surface area (Å²) in [5.41, 5.74) is 0.353. The molecule has 0 aromatic rings. The summed E-state index contributed by atoms with van der Waals surface area (Å²) in [6.45, 7) is 13.9. The molecule has 0 aromatic heterocycles. The minimum absolute atomic E-state index is 0.0683. The SMILES string of the molecule is C[C@@H]1C[C@@H]2[C@H](CC(=O)C1CCC/C=C/COC(C)(C)C)C2(C)C. The molecule has 2 saturated carbocycles. The molecule has 1 unspecified atom stereocenters. The smallest absolute Gasteiger partial charge is 0.136 e. The third kappa shape index (κ3) is 4.92. The number of hydrogen-bond donors (Lipinski definition) is 0. The molecule has 2 nitrogen and oxygen atoms in total. The van der Waals surface area contributed by atoms with Crippen molar-refractivity contribution >= 4 is 5.78 Å². The topological polar surface area (TPSA) is 26.3 Å². The first-order chi connectivity index (χ1) is 10.6. The van der Waals surface area contributed by atoms with Gasteiger partial charge in [-0.15, -0.1) is 0 Å². The van der Waals surface area contributed by atoms with E-state index in [1.165, 1.54) is 6.42 Å². The van der Waals surface area contributed by atoms with Gasteiger partial charge in [0.25, 0.3) is 0 Å². The highest BCUT2D eigenvalue weighted by Crippen LogP contribution is 2.64. The van der Waals surface area contributed by atoms with Crippen LogP contribution >= 0.6 is 0 Å². The van der Waals surface area contributed by atoms with Crippen LogP contribution < -0.4 is 0 Å². The highest BCUT2D eigenvalue weighted by Gasteiger charge is 2.59. The van der Waals surface area contributed by atoms with E-state index in [1.54, 1.807) is 0 Å². The van der Waals surface area contributed by atoms with Crippen molar-refractivity contribution in [1.82, 2.24) is 0 Å². The van der Waals surface area contributed by atoms with Gasteiger partial charge in [-0.25, -0.2) is 0 Å². The maximum absolute atomic E-state index is 12.6. The number of hydrogen-bond acceptors (Lipinski definition) is 2. The molecule has 0 spiro atoms. The fourth-order valence-electron chi connectivity index (χ4n) is 4.37. The third-order valence-electron chi connectivity index (χ3n) is 6.10. The van der Waals surface area contributed by atoms with Crippen LogP contribution in [0.3, 0.4) is 0 Å². The van der Waals surface area contributed by atoms with E-state index in [-0.39, 0.29) is 5.60 Å². The molecule has 0 aliphatic heterocycles. The van der Waals surface area contributed by atoms with Crippen molar-refractivity contribution < 1.29 is 9.53 Å². The average molecular weight is 321 g/mol. The monoisotopic (exact) mass is 320 g/mol. The Morgan fingerprint density at radius 3 is 2.57 bits per heavy atom. The minimum atomic E-state index is -0.0683. The van der Waals surface area contributed by atoms with Crippen LogP contribution in [0.5, 0.6) is 0 Å². The Morgan fingerprint density at radius 2 is 1.91 bits per heavy atom. The maximum Gasteiger partial charge on any atom is 0.136 e. The second kappa shape index (κ2) is 7.09. The summed E-state index contributed by atoms with van der Waals surface area (Å²) in [5.74, 6) is 2.86. The fourth-order valence-corrected chi connectivity index (χ4v) is 4.37. The summed E-state index contributed by atoms with van der Waals surface area (Å²) in [4.78, 5) is 12.6. The van der Waals surface area contributed by atoms with Gasteiger partial charge in [-0.1, -0.05) is 32.9 Å². The van der Waals surface area contributed by atoms with Gasteiger partial charge >= 0.3 is 0 Å². The molecule has 0 heterocycles. The molecule has 23 heavy (non-hydrogen) atoms. The van der Waals surface area contributed by atoms with Crippen LogP contribution in [-0.4, -0.2) is 18.0 Å². The molecule has 0 aromatic carbocycles. The quantitative estimate of drug-likeness (QED) is 0.483. The van der Waals surface area contributed by atoms with E-state index >= 15 is 0 Å². The maximum atomic E-state index is 12.6. The Balaban J connectivity index is 1.70. The van der Waals surface area contributed by atoms with Gasteiger partial charge < -0.3 is 4.74 Å². The van der Waals surface area contributed by atoms with Gasteiger partial charge in [-0.3, -0.25) is 4.79 Å². The zero-order chi connectivity index (χ0) is 17.3. The van der Waals surface area contributed by atoms with Crippen molar-refractivity contribution in [2.24, 2.45) is 29.1 Å². The number of rotatable bonds is 6. The Kier molecular flexibility index (Phi) is 5.76. The number of allylic oxidation sites excluding steroid dienone is 1. The van der Waals surface area contributed by atoms with Crippen molar-refractivity contribution in [2.45, 2.75) is 79.2 Å². The Bertz CT molecular complexity index is 441. The lowest BCUT2D eigenvalue weighted by Crippen LogP contribution is -2.22. The molecule has 132 valence electrons. The van der Waals surface area contributed by atoms with Crippen LogP contribution in [0, 0.1) is 29.1 Å².